The van der Waals surface area contributed by atoms with E-state index in [-0.39, 0.29) is 31.1 Å². The second-order valence-corrected chi connectivity index (χ2v) is 8.34. The number of rotatable bonds is 10. The molecule has 1 aromatic heterocycles. The molecule has 0 aliphatic carbocycles. The average Bonchev–Trinajstić information content (AvgIpc) is 3.34. The average molecular weight is 502 g/mol. The van der Waals surface area contributed by atoms with Crippen LogP contribution in [0.4, 0.5) is 10.5 Å². The van der Waals surface area contributed by atoms with Crippen LogP contribution in [0.5, 0.6) is 5.75 Å². The zero-order valence-corrected chi connectivity index (χ0v) is 20.0. The van der Waals surface area contributed by atoms with Crippen molar-refractivity contribution in [2.75, 3.05) is 11.9 Å². The lowest BCUT2D eigenvalue weighted by molar-refractivity contribution is -0.118. The van der Waals surface area contributed by atoms with Gasteiger partial charge in [-0.3, -0.25) is 9.59 Å². The van der Waals surface area contributed by atoms with E-state index in [1.165, 1.54) is 12.1 Å². The van der Waals surface area contributed by atoms with Gasteiger partial charge in [-0.2, -0.15) is 0 Å². The summed E-state index contributed by atoms with van der Waals surface area (Å²) in [5, 5.41) is 18.5. The van der Waals surface area contributed by atoms with Gasteiger partial charge in [0, 0.05) is 23.7 Å². The number of fused-ring (bicyclic) bond motifs is 1. The molecule has 0 saturated heterocycles. The Hall–Kier alpha value is -4.79. The van der Waals surface area contributed by atoms with Crippen molar-refractivity contribution in [3.8, 4) is 5.75 Å². The quantitative estimate of drug-likeness (QED) is 0.235. The monoisotopic (exact) mass is 501 g/mol. The Morgan fingerprint density at radius 2 is 1.70 bits per heavy atom. The highest BCUT2D eigenvalue weighted by molar-refractivity contribution is 6.01. The molecule has 4 N–H and O–H groups in total. The minimum atomic E-state index is -0.926. The number of benzene rings is 3. The SMILES string of the molecule is O=C(NCCC[C@H](NC(=O)c1cc2ccccc2o1)C(=O)Nc1cccc(O)c1)OCc1ccccc1. The molecule has 4 rings (SSSR count). The summed E-state index contributed by atoms with van der Waals surface area (Å²) in [5.74, 6) is -0.929. The number of hydrogen-bond donors (Lipinski definition) is 4. The predicted octanol–water partition coefficient (Wildman–Crippen LogP) is 4.58. The van der Waals surface area contributed by atoms with Crippen molar-refractivity contribution in [1.29, 1.82) is 0 Å². The summed E-state index contributed by atoms with van der Waals surface area (Å²) in [6.45, 7) is 0.388. The van der Waals surface area contributed by atoms with E-state index in [0.717, 1.165) is 10.9 Å². The molecular formula is C28H27N3O6. The van der Waals surface area contributed by atoms with E-state index in [1.54, 1.807) is 30.3 Å². The number of furan rings is 1. The number of aromatic hydroxyl groups is 1. The van der Waals surface area contributed by atoms with Crippen molar-refractivity contribution in [1.82, 2.24) is 10.6 Å². The van der Waals surface area contributed by atoms with Gasteiger partial charge in [0.05, 0.1) is 0 Å². The third-order valence-electron chi connectivity index (χ3n) is 5.54. The topological polar surface area (TPSA) is 130 Å². The fourth-order valence-electron chi connectivity index (χ4n) is 3.68. The smallest absolute Gasteiger partial charge is 0.407 e. The van der Waals surface area contributed by atoms with Crippen molar-refractivity contribution in [3.63, 3.8) is 0 Å². The third-order valence-corrected chi connectivity index (χ3v) is 5.54. The molecule has 0 fully saturated rings. The van der Waals surface area contributed by atoms with Crippen LogP contribution in [-0.4, -0.2) is 35.6 Å². The van der Waals surface area contributed by atoms with Crippen LogP contribution in [-0.2, 0) is 16.1 Å². The van der Waals surface area contributed by atoms with Gasteiger partial charge in [-0.05, 0) is 42.7 Å². The zero-order chi connectivity index (χ0) is 26.0. The highest BCUT2D eigenvalue weighted by Crippen LogP contribution is 2.19. The highest BCUT2D eigenvalue weighted by atomic mass is 16.5. The van der Waals surface area contributed by atoms with E-state index >= 15 is 0 Å². The Labute approximate surface area is 213 Å². The number of anilines is 1. The summed E-state index contributed by atoms with van der Waals surface area (Å²) in [6, 6.07) is 23.3. The Morgan fingerprint density at radius 1 is 0.919 bits per heavy atom. The number of hydrogen-bond acceptors (Lipinski definition) is 6. The molecule has 4 aromatic rings. The van der Waals surface area contributed by atoms with Gasteiger partial charge in [-0.25, -0.2) is 4.79 Å². The first-order valence-corrected chi connectivity index (χ1v) is 11.8. The number of alkyl carbamates (subject to hydrolysis) is 1. The van der Waals surface area contributed by atoms with Gasteiger partial charge in [0.25, 0.3) is 5.91 Å². The first kappa shape index (κ1) is 25.3. The fourth-order valence-corrected chi connectivity index (χ4v) is 3.68. The maximum absolute atomic E-state index is 13.0. The van der Waals surface area contributed by atoms with Crippen LogP contribution in [0.25, 0.3) is 11.0 Å². The molecule has 0 spiro atoms. The molecule has 0 saturated carbocycles. The number of nitrogens with one attached hydrogen (secondary N) is 3. The summed E-state index contributed by atoms with van der Waals surface area (Å²) in [6.07, 6.45) is 0.0464. The van der Waals surface area contributed by atoms with Crippen LogP contribution in [0.3, 0.4) is 0 Å². The Kier molecular flexibility index (Phi) is 8.38. The molecule has 0 bridgehead atoms. The van der Waals surface area contributed by atoms with E-state index < -0.39 is 23.9 Å². The number of phenolic OH excluding ortho intramolecular Hbond substituents is 1. The van der Waals surface area contributed by atoms with E-state index in [4.69, 9.17) is 9.15 Å². The molecule has 0 aliphatic heterocycles. The number of carbonyl (C=O) groups is 3. The van der Waals surface area contributed by atoms with E-state index in [0.29, 0.717) is 17.7 Å². The molecule has 0 aliphatic rings. The molecule has 1 atom stereocenters. The summed E-state index contributed by atoms with van der Waals surface area (Å²) in [5.41, 5.74) is 1.82. The minimum Gasteiger partial charge on any atom is -0.508 e. The molecule has 9 nitrogen and oxygen atoms in total. The van der Waals surface area contributed by atoms with Gasteiger partial charge in [-0.15, -0.1) is 0 Å². The number of ether oxygens (including phenoxy) is 1. The molecule has 0 unspecified atom stereocenters. The number of phenols is 1. The van der Waals surface area contributed by atoms with Crippen LogP contribution in [0, 0.1) is 0 Å². The van der Waals surface area contributed by atoms with Gasteiger partial charge in [0.15, 0.2) is 5.76 Å². The van der Waals surface area contributed by atoms with Crippen molar-refractivity contribution in [3.05, 3.63) is 96.3 Å². The van der Waals surface area contributed by atoms with E-state index in [1.807, 2.05) is 42.5 Å². The van der Waals surface area contributed by atoms with Crippen molar-refractivity contribution in [2.24, 2.45) is 0 Å². The second-order valence-electron chi connectivity index (χ2n) is 8.34. The normalized spacial score (nSPS) is 11.5. The molecule has 1 heterocycles. The molecule has 3 amide bonds. The van der Waals surface area contributed by atoms with Crippen molar-refractivity contribution in [2.45, 2.75) is 25.5 Å². The molecular weight excluding hydrogens is 474 g/mol. The lowest BCUT2D eigenvalue weighted by Gasteiger charge is -2.18. The summed E-state index contributed by atoms with van der Waals surface area (Å²) < 4.78 is 10.8. The summed E-state index contributed by atoms with van der Waals surface area (Å²) in [4.78, 5) is 37.9. The predicted molar refractivity (Wildman–Crippen MR) is 138 cm³/mol. The lowest BCUT2D eigenvalue weighted by Crippen LogP contribution is -2.44. The van der Waals surface area contributed by atoms with E-state index in [2.05, 4.69) is 16.0 Å². The van der Waals surface area contributed by atoms with Gasteiger partial charge in [-0.1, -0.05) is 54.6 Å². The van der Waals surface area contributed by atoms with Crippen molar-refractivity contribution < 1.29 is 28.6 Å². The number of para-hydroxylation sites is 1. The Balaban J connectivity index is 1.34. The largest absolute Gasteiger partial charge is 0.508 e. The first-order valence-electron chi connectivity index (χ1n) is 11.8. The minimum absolute atomic E-state index is 0.00104. The van der Waals surface area contributed by atoms with Gasteiger partial charge in [0.2, 0.25) is 5.91 Å². The fraction of sp³-hybridized carbons (Fsp3) is 0.179. The van der Waals surface area contributed by atoms with Crippen LogP contribution in [0.1, 0.15) is 29.0 Å². The molecule has 37 heavy (non-hydrogen) atoms. The van der Waals surface area contributed by atoms with Crippen LogP contribution in [0.2, 0.25) is 0 Å². The maximum atomic E-state index is 13.0. The van der Waals surface area contributed by atoms with E-state index in [9.17, 15) is 19.5 Å². The summed E-state index contributed by atoms with van der Waals surface area (Å²) in [7, 11) is 0. The zero-order valence-electron chi connectivity index (χ0n) is 20.0. The van der Waals surface area contributed by atoms with Crippen LogP contribution < -0.4 is 16.0 Å². The third kappa shape index (κ3) is 7.35. The highest BCUT2D eigenvalue weighted by Gasteiger charge is 2.23. The molecule has 9 heteroatoms. The molecule has 0 radical (unpaired) electrons. The van der Waals surface area contributed by atoms with Gasteiger partial charge in [0.1, 0.15) is 24.0 Å². The summed E-state index contributed by atoms with van der Waals surface area (Å²) >= 11 is 0. The number of carbonyl (C=O) groups excluding carboxylic acids is 3. The second kappa shape index (κ2) is 12.3. The first-order chi connectivity index (χ1) is 18.0. The molecule has 3 aromatic carbocycles. The van der Waals surface area contributed by atoms with Crippen LogP contribution in [0.15, 0.2) is 89.3 Å². The van der Waals surface area contributed by atoms with Gasteiger partial charge < -0.3 is 30.2 Å². The van der Waals surface area contributed by atoms with Gasteiger partial charge >= 0.3 is 6.09 Å². The molecule has 190 valence electrons. The number of amides is 3. The standard InChI is InChI=1S/C28H27N3O6/c32-22-12-6-11-21(17-22)30-26(33)23(31-27(34)25-16-20-10-4-5-14-24(20)37-25)13-7-15-29-28(35)36-18-19-8-2-1-3-9-19/h1-6,8-12,14,16-17,23,32H,7,13,15,18H2,(H,29,35)(H,30,33)(H,31,34)/t23-/m0/s1. The lowest BCUT2D eigenvalue weighted by atomic mass is 10.1. The van der Waals surface area contributed by atoms with Crippen molar-refractivity contribution >= 4 is 34.6 Å². The van der Waals surface area contributed by atoms with Crippen LogP contribution >= 0.6 is 0 Å². The Bertz CT molecular complexity index is 1340. The maximum Gasteiger partial charge on any atom is 0.407 e. The Morgan fingerprint density at radius 3 is 2.49 bits per heavy atom.